The zero-order chi connectivity index (χ0) is 26.8. The summed E-state index contributed by atoms with van der Waals surface area (Å²) in [6, 6.07) is 20.3. The molecule has 0 radical (unpaired) electrons. The molecule has 2 heterocycles. The second-order valence-corrected chi connectivity index (χ2v) is 10.9. The molecule has 2 N–H and O–H groups in total. The molecule has 0 aromatic heterocycles. The highest BCUT2D eigenvalue weighted by Gasteiger charge is 2.42. The van der Waals surface area contributed by atoms with E-state index in [-0.39, 0.29) is 24.9 Å². The Morgan fingerprint density at radius 2 is 1.50 bits per heavy atom. The van der Waals surface area contributed by atoms with E-state index in [1.165, 1.54) is 5.56 Å². The molecule has 7 heteroatoms. The normalized spacial score (nSPS) is 23.6. The minimum absolute atomic E-state index is 0.0571. The number of carbonyl (C=O) groups is 2. The molecule has 2 saturated heterocycles. The number of esters is 1. The average molecular weight is 523 g/mol. The highest BCUT2D eigenvalue weighted by Crippen LogP contribution is 2.38. The van der Waals surface area contributed by atoms with Gasteiger partial charge in [-0.3, -0.25) is 14.5 Å². The Hall–Kier alpha value is -2.74. The molecular formula is C31H42N2O5. The maximum atomic E-state index is 13.3. The van der Waals surface area contributed by atoms with Crippen molar-refractivity contribution in [1.29, 1.82) is 0 Å². The maximum Gasteiger partial charge on any atom is 0.312 e. The monoisotopic (exact) mass is 522 g/mol. The van der Waals surface area contributed by atoms with Crippen LogP contribution in [0.3, 0.4) is 0 Å². The summed E-state index contributed by atoms with van der Waals surface area (Å²) in [6.07, 6.45) is 2.82. The number of aliphatic hydroxyl groups excluding tert-OH is 2. The number of piperidine rings is 1. The van der Waals surface area contributed by atoms with Gasteiger partial charge in [-0.15, -0.1) is 0 Å². The van der Waals surface area contributed by atoms with Gasteiger partial charge in [0.15, 0.2) is 0 Å². The van der Waals surface area contributed by atoms with Gasteiger partial charge >= 0.3 is 5.97 Å². The molecule has 2 aliphatic heterocycles. The summed E-state index contributed by atoms with van der Waals surface area (Å²) in [7, 11) is 0. The van der Waals surface area contributed by atoms with Crippen LogP contribution in [0.2, 0.25) is 0 Å². The number of carbonyl (C=O) groups excluding carboxylic acids is 2. The summed E-state index contributed by atoms with van der Waals surface area (Å²) in [4.78, 5) is 30.6. The molecule has 2 aromatic carbocycles. The Balaban J connectivity index is 1.37. The second-order valence-electron chi connectivity index (χ2n) is 10.9. The molecule has 4 rings (SSSR count). The van der Waals surface area contributed by atoms with E-state index in [1.807, 2.05) is 53.4 Å². The summed E-state index contributed by atoms with van der Waals surface area (Å²) in [5.74, 6) is -0.208. The zero-order valence-corrected chi connectivity index (χ0v) is 22.3. The Morgan fingerprint density at radius 1 is 0.842 bits per heavy atom. The van der Waals surface area contributed by atoms with Gasteiger partial charge in [-0.25, -0.2) is 0 Å². The van der Waals surface area contributed by atoms with Gasteiger partial charge in [0.1, 0.15) is 12.7 Å². The number of hydrogen-bond donors (Lipinski definition) is 2. The number of nitrogens with zero attached hydrogens (tertiary/aromatic N) is 2. The first-order chi connectivity index (χ1) is 18.4. The van der Waals surface area contributed by atoms with Crippen molar-refractivity contribution >= 4 is 11.9 Å². The third-order valence-electron chi connectivity index (χ3n) is 8.18. The van der Waals surface area contributed by atoms with E-state index < -0.39 is 17.6 Å². The molecule has 0 aliphatic carbocycles. The molecule has 0 bridgehead atoms. The fourth-order valence-electron chi connectivity index (χ4n) is 5.62. The van der Waals surface area contributed by atoms with Gasteiger partial charge in [0.2, 0.25) is 5.91 Å². The quantitative estimate of drug-likeness (QED) is 0.584. The van der Waals surface area contributed by atoms with Crippen molar-refractivity contribution in [1.82, 2.24) is 9.80 Å². The molecule has 1 spiro atoms. The molecule has 2 fully saturated rings. The standard InChI is InChI=1S/C31H42N2O5/c34-27-15-20-33(29(36)14-13-25-9-3-1-4-10-25)19-8-7-16-31(30(37)38-24-28(27)35)17-21-32(22-18-31)23-26-11-5-2-6-12-26/h1-6,9-12,27-28,34-35H,7-8,13-24H2/t27-,28+/m0/s1. The van der Waals surface area contributed by atoms with Gasteiger partial charge in [0.05, 0.1) is 11.5 Å². The first-order valence-corrected chi connectivity index (χ1v) is 14.1. The zero-order valence-electron chi connectivity index (χ0n) is 22.3. The molecule has 7 nitrogen and oxygen atoms in total. The second kappa shape index (κ2) is 13.9. The van der Waals surface area contributed by atoms with Crippen LogP contribution in [-0.4, -0.2) is 76.9 Å². The first kappa shape index (κ1) is 28.3. The molecule has 1 amide bonds. The Labute approximate surface area is 226 Å². The highest BCUT2D eigenvalue weighted by atomic mass is 16.5. The third kappa shape index (κ3) is 7.88. The summed E-state index contributed by atoms with van der Waals surface area (Å²) in [6.45, 7) is 3.20. The van der Waals surface area contributed by atoms with Gasteiger partial charge in [-0.05, 0) is 62.7 Å². The van der Waals surface area contributed by atoms with Crippen LogP contribution in [0.1, 0.15) is 56.1 Å². The van der Waals surface area contributed by atoms with Crippen molar-refractivity contribution in [2.75, 3.05) is 32.8 Å². The predicted molar refractivity (Wildman–Crippen MR) is 146 cm³/mol. The van der Waals surface area contributed by atoms with Crippen molar-refractivity contribution in [3.05, 3.63) is 71.8 Å². The number of cyclic esters (lactones) is 1. The summed E-state index contributed by atoms with van der Waals surface area (Å²) in [5.41, 5.74) is 1.79. The average Bonchev–Trinajstić information content (AvgIpc) is 2.96. The first-order valence-electron chi connectivity index (χ1n) is 14.1. The molecule has 0 saturated carbocycles. The van der Waals surface area contributed by atoms with Crippen LogP contribution in [0.5, 0.6) is 0 Å². The Kier molecular flexibility index (Phi) is 10.3. The number of hydrogen-bond acceptors (Lipinski definition) is 6. The fourth-order valence-corrected chi connectivity index (χ4v) is 5.62. The SMILES string of the molecule is O=C(CCc1ccccc1)N1CCCCC2(CCN(Cc3ccccc3)CC2)C(=O)OC[C@@H](O)[C@@H](O)CC1. The van der Waals surface area contributed by atoms with E-state index in [9.17, 15) is 19.8 Å². The number of aryl methyl sites for hydroxylation is 1. The molecule has 0 unspecified atom stereocenters. The van der Waals surface area contributed by atoms with E-state index in [0.29, 0.717) is 45.2 Å². The minimum Gasteiger partial charge on any atom is -0.462 e. The van der Waals surface area contributed by atoms with Crippen molar-refractivity contribution in [3.8, 4) is 0 Å². The van der Waals surface area contributed by atoms with Crippen molar-refractivity contribution in [3.63, 3.8) is 0 Å². The number of ether oxygens (including phenoxy) is 1. The van der Waals surface area contributed by atoms with E-state index in [2.05, 4.69) is 17.0 Å². The van der Waals surface area contributed by atoms with Gasteiger partial charge in [0, 0.05) is 26.1 Å². The molecule has 2 aromatic rings. The highest BCUT2D eigenvalue weighted by molar-refractivity contribution is 5.77. The minimum atomic E-state index is -1.17. The van der Waals surface area contributed by atoms with Gasteiger partial charge in [0.25, 0.3) is 0 Å². The molecule has 2 aliphatic rings. The van der Waals surface area contributed by atoms with Crippen LogP contribution in [-0.2, 0) is 27.3 Å². The van der Waals surface area contributed by atoms with Crippen LogP contribution >= 0.6 is 0 Å². The van der Waals surface area contributed by atoms with Crippen molar-refractivity contribution in [2.24, 2.45) is 5.41 Å². The molecule has 206 valence electrons. The fraction of sp³-hybridized carbons (Fsp3) is 0.548. The lowest BCUT2D eigenvalue weighted by molar-refractivity contribution is -0.165. The smallest absolute Gasteiger partial charge is 0.312 e. The predicted octanol–water partition coefficient (Wildman–Crippen LogP) is 3.57. The van der Waals surface area contributed by atoms with E-state index in [4.69, 9.17) is 4.74 Å². The van der Waals surface area contributed by atoms with Crippen LogP contribution in [0.4, 0.5) is 0 Å². The van der Waals surface area contributed by atoms with Crippen LogP contribution in [0, 0.1) is 5.41 Å². The van der Waals surface area contributed by atoms with E-state index in [1.54, 1.807) is 0 Å². The summed E-state index contributed by atoms with van der Waals surface area (Å²) in [5, 5.41) is 21.0. The van der Waals surface area contributed by atoms with Crippen molar-refractivity contribution < 1.29 is 24.5 Å². The number of rotatable bonds is 5. The summed E-state index contributed by atoms with van der Waals surface area (Å²) < 4.78 is 5.60. The maximum absolute atomic E-state index is 13.3. The van der Waals surface area contributed by atoms with Gasteiger partial charge in [-0.2, -0.15) is 0 Å². The lowest BCUT2D eigenvalue weighted by atomic mass is 9.74. The largest absolute Gasteiger partial charge is 0.462 e. The van der Waals surface area contributed by atoms with Crippen LogP contribution < -0.4 is 0 Å². The van der Waals surface area contributed by atoms with Crippen LogP contribution in [0.15, 0.2) is 60.7 Å². The van der Waals surface area contributed by atoms with Crippen LogP contribution in [0.25, 0.3) is 0 Å². The number of benzene rings is 2. The van der Waals surface area contributed by atoms with Gasteiger partial charge in [-0.1, -0.05) is 67.1 Å². The number of likely N-dealkylation sites (tertiary alicyclic amines) is 1. The number of aliphatic hydroxyl groups is 2. The van der Waals surface area contributed by atoms with Crippen molar-refractivity contribution in [2.45, 2.75) is 70.1 Å². The van der Waals surface area contributed by atoms with Gasteiger partial charge < -0.3 is 19.8 Å². The molecule has 2 atom stereocenters. The molecule has 38 heavy (non-hydrogen) atoms. The lowest BCUT2D eigenvalue weighted by Gasteiger charge is -2.40. The third-order valence-corrected chi connectivity index (χ3v) is 8.18. The van der Waals surface area contributed by atoms with E-state index >= 15 is 0 Å². The van der Waals surface area contributed by atoms with E-state index in [0.717, 1.165) is 38.0 Å². The molecular weight excluding hydrogens is 480 g/mol. The summed E-state index contributed by atoms with van der Waals surface area (Å²) >= 11 is 0. The Morgan fingerprint density at radius 3 is 2.18 bits per heavy atom. The topological polar surface area (TPSA) is 90.3 Å². The Bertz CT molecular complexity index is 1010. The number of amides is 1. The lowest BCUT2D eigenvalue weighted by Crippen LogP contribution is -2.45.